The van der Waals surface area contributed by atoms with Crippen LogP contribution in [-0.2, 0) is 4.79 Å². The normalized spacial score (nSPS) is 17.8. The fourth-order valence-corrected chi connectivity index (χ4v) is 2.60. The van der Waals surface area contributed by atoms with E-state index in [1.165, 1.54) is 4.90 Å². The molecule has 1 fully saturated rings. The van der Waals surface area contributed by atoms with Crippen molar-refractivity contribution in [3.63, 3.8) is 0 Å². The summed E-state index contributed by atoms with van der Waals surface area (Å²) in [7, 11) is 0. The molecule has 0 bridgehead atoms. The maximum Gasteiger partial charge on any atom is 0.326 e. The van der Waals surface area contributed by atoms with Crippen LogP contribution in [0, 0.1) is 5.92 Å². The van der Waals surface area contributed by atoms with Gasteiger partial charge in [-0.15, -0.1) is 0 Å². The number of aliphatic hydroxyl groups excluding tert-OH is 1. The lowest BCUT2D eigenvalue weighted by Gasteiger charge is -2.30. The molecule has 0 radical (unpaired) electrons. The molecular formula is C13H24N2O4. The monoisotopic (exact) mass is 272 g/mol. The lowest BCUT2D eigenvalue weighted by atomic mass is 9.84. The highest BCUT2D eigenvalue weighted by atomic mass is 16.4. The van der Waals surface area contributed by atoms with Crippen LogP contribution in [0.2, 0.25) is 0 Å². The van der Waals surface area contributed by atoms with Crippen LogP contribution in [0.1, 0.15) is 39.0 Å². The molecule has 3 N–H and O–H groups in total. The van der Waals surface area contributed by atoms with E-state index in [0.717, 1.165) is 32.1 Å². The van der Waals surface area contributed by atoms with Crippen molar-refractivity contribution in [1.29, 1.82) is 0 Å². The molecule has 110 valence electrons. The first-order valence-electron chi connectivity index (χ1n) is 6.99. The van der Waals surface area contributed by atoms with Gasteiger partial charge in [0.25, 0.3) is 0 Å². The quantitative estimate of drug-likeness (QED) is 0.674. The first-order chi connectivity index (χ1) is 9.10. The predicted molar refractivity (Wildman–Crippen MR) is 70.9 cm³/mol. The summed E-state index contributed by atoms with van der Waals surface area (Å²) in [6, 6.07) is -1.23. The van der Waals surface area contributed by atoms with Crippen LogP contribution >= 0.6 is 0 Å². The van der Waals surface area contributed by atoms with E-state index in [9.17, 15) is 14.7 Å². The molecule has 6 heteroatoms. The Hall–Kier alpha value is -1.30. The number of carbonyl (C=O) groups excluding carboxylic acids is 1. The summed E-state index contributed by atoms with van der Waals surface area (Å²) in [4.78, 5) is 24.7. The highest BCUT2D eigenvalue weighted by Gasteiger charge is 2.31. The van der Waals surface area contributed by atoms with Crippen molar-refractivity contribution in [2.75, 3.05) is 19.7 Å². The number of hydrogen-bond donors (Lipinski definition) is 3. The van der Waals surface area contributed by atoms with Crippen molar-refractivity contribution in [1.82, 2.24) is 10.2 Å². The van der Waals surface area contributed by atoms with Crippen molar-refractivity contribution in [3.05, 3.63) is 0 Å². The van der Waals surface area contributed by atoms with Gasteiger partial charge in [0.05, 0.1) is 6.61 Å². The average Bonchev–Trinajstić information content (AvgIpc) is 2.42. The number of carboxylic acids is 1. The number of aliphatic carboxylic acids is 1. The maximum atomic E-state index is 12.0. The number of urea groups is 1. The number of carbonyl (C=O) groups is 2. The standard InChI is InChI=1S/C13H24N2O4/c1-2-15(8-9-16)13(19)14-11(12(17)18)10-6-4-3-5-7-10/h10-11,16H,2-9H2,1H3,(H,14,19)(H,17,18). The van der Waals surface area contributed by atoms with Gasteiger partial charge in [-0.25, -0.2) is 9.59 Å². The molecule has 1 aliphatic carbocycles. The van der Waals surface area contributed by atoms with Gasteiger partial charge in [-0.1, -0.05) is 19.3 Å². The van der Waals surface area contributed by atoms with E-state index in [0.29, 0.717) is 6.54 Å². The van der Waals surface area contributed by atoms with Gasteiger partial charge in [0.15, 0.2) is 0 Å². The van der Waals surface area contributed by atoms with E-state index in [2.05, 4.69) is 5.32 Å². The molecule has 0 heterocycles. The van der Waals surface area contributed by atoms with E-state index in [1.54, 1.807) is 6.92 Å². The molecule has 2 amide bonds. The van der Waals surface area contributed by atoms with Crippen LogP contribution < -0.4 is 5.32 Å². The Kier molecular flexibility index (Phi) is 6.62. The first kappa shape index (κ1) is 15.8. The van der Waals surface area contributed by atoms with Gasteiger partial charge in [0, 0.05) is 13.1 Å². The summed E-state index contributed by atoms with van der Waals surface area (Å²) in [5, 5.41) is 20.7. The largest absolute Gasteiger partial charge is 0.480 e. The fraction of sp³-hybridized carbons (Fsp3) is 0.846. The number of nitrogens with one attached hydrogen (secondary N) is 1. The van der Waals surface area contributed by atoms with Crippen LogP contribution in [0.25, 0.3) is 0 Å². The van der Waals surface area contributed by atoms with Crippen LogP contribution in [0.4, 0.5) is 4.79 Å². The molecule has 0 aromatic heterocycles. The Labute approximate surface area is 113 Å². The first-order valence-corrected chi connectivity index (χ1v) is 6.99. The van der Waals surface area contributed by atoms with E-state index >= 15 is 0 Å². The molecule has 0 spiro atoms. The summed E-state index contributed by atoms with van der Waals surface area (Å²) >= 11 is 0. The van der Waals surface area contributed by atoms with E-state index < -0.39 is 18.0 Å². The van der Waals surface area contributed by atoms with E-state index in [-0.39, 0.29) is 19.1 Å². The third kappa shape index (κ3) is 4.70. The van der Waals surface area contributed by atoms with Gasteiger partial charge in [-0.3, -0.25) is 0 Å². The highest BCUT2D eigenvalue weighted by molar-refractivity contribution is 5.82. The SMILES string of the molecule is CCN(CCO)C(=O)NC(C(=O)O)C1CCCCC1. The predicted octanol–water partition coefficient (Wildman–Crippen LogP) is 1.04. The smallest absolute Gasteiger partial charge is 0.326 e. The molecule has 0 saturated heterocycles. The minimum Gasteiger partial charge on any atom is -0.480 e. The van der Waals surface area contributed by atoms with Crippen LogP contribution in [0.15, 0.2) is 0 Å². The number of hydrogen-bond acceptors (Lipinski definition) is 3. The van der Waals surface area contributed by atoms with Crippen LogP contribution in [0.5, 0.6) is 0 Å². The highest BCUT2D eigenvalue weighted by Crippen LogP contribution is 2.26. The molecule has 1 rings (SSSR count). The van der Waals surface area contributed by atoms with Gasteiger partial charge < -0.3 is 20.4 Å². The van der Waals surface area contributed by atoms with Gasteiger partial charge in [0.1, 0.15) is 6.04 Å². The average molecular weight is 272 g/mol. The summed E-state index contributed by atoms with van der Waals surface area (Å²) in [5.41, 5.74) is 0. The molecule has 1 saturated carbocycles. The molecule has 19 heavy (non-hydrogen) atoms. The van der Waals surface area contributed by atoms with Gasteiger partial charge in [-0.05, 0) is 25.7 Å². The van der Waals surface area contributed by atoms with Crippen molar-refractivity contribution >= 4 is 12.0 Å². The molecule has 0 aromatic carbocycles. The number of nitrogens with zero attached hydrogens (tertiary/aromatic N) is 1. The van der Waals surface area contributed by atoms with Crippen molar-refractivity contribution in [2.45, 2.75) is 45.1 Å². The summed E-state index contributed by atoms with van der Waals surface area (Å²) in [6.07, 6.45) is 4.89. The second kappa shape index (κ2) is 7.99. The van der Waals surface area contributed by atoms with Gasteiger partial charge in [-0.2, -0.15) is 0 Å². The summed E-state index contributed by atoms with van der Waals surface area (Å²) < 4.78 is 0. The Morgan fingerprint density at radius 1 is 1.32 bits per heavy atom. The van der Waals surface area contributed by atoms with Crippen LogP contribution in [-0.4, -0.2) is 52.9 Å². The summed E-state index contributed by atoms with van der Waals surface area (Å²) in [6.45, 7) is 2.34. The number of carboxylic acid groups (broad SMARTS) is 1. The molecule has 1 unspecified atom stereocenters. The molecule has 0 aliphatic heterocycles. The third-order valence-corrected chi connectivity index (χ3v) is 3.71. The zero-order chi connectivity index (χ0) is 14.3. The third-order valence-electron chi connectivity index (χ3n) is 3.71. The lowest BCUT2D eigenvalue weighted by Crippen LogP contribution is -2.52. The summed E-state index contributed by atoms with van der Waals surface area (Å²) in [5.74, 6) is -0.955. The number of rotatable bonds is 6. The maximum absolute atomic E-state index is 12.0. The Bertz CT molecular complexity index is 303. The van der Waals surface area contributed by atoms with Crippen LogP contribution in [0.3, 0.4) is 0 Å². The zero-order valence-corrected chi connectivity index (χ0v) is 11.5. The molecule has 6 nitrogen and oxygen atoms in total. The van der Waals surface area contributed by atoms with Gasteiger partial charge >= 0.3 is 12.0 Å². The fourth-order valence-electron chi connectivity index (χ4n) is 2.60. The molecular weight excluding hydrogens is 248 g/mol. The number of likely N-dealkylation sites (N-methyl/N-ethyl adjacent to an activating group) is 1. The van der Waals surface area contributed by atoms with Crippen molar-refractivity contribution < 1.29 is 19.8 Å². The number of amides is 2. The Balaban J connectivity index is 2.61. The van der Waals surface area contributed by atoms with E-state index in [1.807, 2.05) is 0 Å². The Morgan fingerprint density at radius 2 is 1.95 bits per heavy atom. The number of aliphatic hydroxyl groups is 1. The minimum absolute atomic E-state index is 0.0167. The van der Waals surface area contributed by atoms with Gasteiger partial charge in [0.2, 0.25) is 0 Å². The second-order valence-corrected chi connectivity index (χ2v) is 4.97. The van der Waals surface area contributed by atoms with E-state index in [4.69, 9.17) is 5.11 Å². The molecule has 1 aliphatic rings. The van der Waals surface area contributed by atoms with Crippen molar-refractivity contribution in [2.24, 2.45) is 5.92 Å². The topological polar surface area (TPSA) is 89.9 Å². The molecule has 1 atom stereocenters. The molecule has 0 aromatic rings. The lowest BCUT2D eigenvalue weighted by molar-refractivity contribution is -0.141. The Morgan fingerprint density at radius 3 is 2.42 bits per heavy atom. The minimum atomic E-state index is -0.972. The van der Waals surface area contributed by atoms with Crippen molar-refractivity contribution in [3.8, 4) is 0 Å². The second-order valence-electron chi connectivity index (χ2n) is 4.97. The zero-order valence-electron chi connectivity index (χ0n) is 11.5.